The molecular weight excluding hydrogens is 388 g/mol. The zero-order chi connectivity index (χ0) is 22.1. The maximum Gasteiger partial charge on any atom is 0.253 e. The topological polar surface area (TPSA) is 111 Å². The standard InChI is InChI=1S/C24H28N6O/c1-2-10-27-24(31)23-17-30(15-21-5-3-4-20(11-21)14-29-26)16-22(23)12-18-6-8-19(9-7-18)13-28-25/h3-9,11,13-14,16-17H,2,10,12,15,25-26H2,1H3,(H,27,31). The normalized spacial score (nSPS) is 11.4. The fraction of sp³-hybridized carbons (Fsp3) is 0.208. The van der Waals surface area contributed by atoms with Gasteiger partial charge in [-0.1, -0.05) is 49.4 Å². The summed E-state index contributed by atoms with van der Waals surface area (Å²) in [5, 5.41) is 10.1. The van der Waals surface area contributed by atoms with E-state index in [2.05, 4.69) is 15.5 Å². The van der Waals surface area contributed by atoms with E-state index in [0.717, 1.165) is 34.2 Å². The first-order chi connectivity index (χ1) is 15.1. The first-order valence-corrected chi connectivity index (χ1v) is 10.2. The smallest absolute Gasteiger partial charge is 0.253 e. The van der Waals surface area contributed by atoms with Crippen LogP contribution in [0.4, 0.5) is 0 Å². The van der Waals surface area contributed by atoms with Gasteiger partial charge in [-0.25, -0.2) is 0 Å². The van der Waals surface area contributed by atoms with Crippen LogP contribution in [0.3, 0.4) is 0 Å². The summed E-state index contributed by atoms with van der Waals surface area (Å²) in [6.07, 6.45) is 8.73. The Bertz CT molecular complexity index is 1070. The van der Waals surface area contributed by atoms with E-state index in [1.807, 2.05) is 72.4 Å². The molecule has 3 aromatic rings. The summed E-state index contributed by atoms with van der Waals surface area (Å²) in [6, 6.07) is 16.0. The number of carbonyl (C=O) groups excluding carboxylic acids is 1. The van der Waals surface area contributed by atoms with Crippen LogP contribution in [-0.2, 0) is 13.0 Å². The second-order valence-electron chi connectivity index (χ2n) is 7.35. The molecule has 0 fully saturated rings. The van der Waals surface area contributed by atoms with Crippen molar-refractivity contribution in [2.75, 3.05) is 6.54 Å². The molecule has 7 heteroatoms. The number of amides is 1. The molecule has 2 aromatic carbocycles. The number of hydrogen-bond acceptors (Lipinski definition) is 5. The number of carbonyl (C=O) groups is 1. The van der Waals surface area contributed by atoms with E-state index in [-0.39, 0.29) is 5.91 Å². The Kier molecular flexibility index (Phi) is 7.59. The molecule has 1 aromatic heterocycles. The lowest BCUT2D eigenvalue weighted by molar-refractivity contribution is 0.0953. The molecule has 0 aliphatic heterocycles. The van der Waals surface area contributed by atoms with Gasteiger partial charge in [0.2, 0.25) is 0 Å². The monoisotopic (exact) mass is 416 g/mol. The first kappa shape index (κ1) is 21.8. The van der Waals surface area contributed by atoms with Gasteiger partial charge in [-0.15, -0.1) is 0 Å². The van der Waals surface area contributed by atoms with Gasteiger partial charge >= 0.3 is 0 Å². The molecule has 5 N–H and O–H groups in total. The van der Waals surface area contributed by atoms with Gasteiger partial charge < -0.3 is 21.6 Å². The van der Waals surface area contributed by atoms with Gasteiger partial charge in [0.1, 0.15) is 0 Å². The lowest BCUT2D eigenvalue weighted by atomic mass is 10.0. The van der Waals surface area contributed by atoms with Crippen LogP contribution in [0.25, 0.3) is 0 Å². The molecule has 0 saturated heterocycles. The molecule has 0 radical (unpaired) electrons. The summed E-state index contributed by atoms with van der Waals surface area (Å²) < 4.78 is 2.05. The van der Waals surface area contributed by atoms with Gasteiger partial charge in [-0.05, 0) is 46.7 Å². The van der Waals surface area contributed by atoms with Crippen molar-refractivity contribution in [2.45, 2.75) is 26.3 Å². The Morgan fingerprint density at radius 2 is 1.74 bits per heavy atom. The second-order valence-corrected chi connectivity index (χ2v) is 7.35. The molecule has 0 spiro atoms. The van der Waals surface area contributed by atoms with Crippen LogP contribution >= 0.6 is 0 Å². The van der Waals surface area contributed by atoms with Crippen LogP contribution in [0.15, 0.2) is 71.1 Å². The molecule has 0 aliphatic carbocycles. The highest BCUT2D eigenvalue weighted by molar-refractivity contribution is 5.95. The number of nitrogens with zero attached hydrogens (tertiary/aromatic N) is 3. The summed E-state index contributed by atoms with van der Waals surface area (Å²) in [7, 11) is 0. The molecule has 160 valence electrons. The minimum Gasteiger partial charge on any atom is -0.352 e. The fourth-order valence-corrected chi connectivity index (χ4v) is 3.42. The Morgan fingerprint density at radius 3 is 2.45 bits per heavy atom. The zero-order valence-corrected chi connectivity index (χ0v) is 17.7. The maximum atomic E-state index is 12.8. The Morgan fingerprint density at radius 1 is 1.00 bits per heavy atom. The van der Waals surface area contributed by atoms with Crippen molar-refractivity contribution in [1.29, 1.82) is 0 Å². The zero-order valence-electron chi connectivity index (χ0n) is 17.7. The van der Waals surface area contributed by atoms with E-state index in [1.165, 1.54) is 0 Å². The Balaban J connectivity index is 1.86. The van der Waals surface area contributed by atoms with E-state index in [4.69, 9.17) is 11.7 Å². The molecule has 0 bridgehead atoms. The van der Waals surface area contributed by atoms with Crippen molar-refractivity contribution in [2.24, 2.45) is 21.9 Å². The summed E-state index contributed by atoms with van der Waals surface area (Å²) in [5.74, 6) is 10.4. The minimum absolute atomic E-state index is 0.0495. The number of hydrogen-bond donors (Lipinski definition) is 3. The van der Waals surface area contributed by atoms with Crippen molar-refractivity contribution < 1.29 is 4.79 Å². The fourth-order valence-electron chi connectivity index (χ4n) is 3.42. The van der Waals surface area contributed by atoms with E-state index < -0.39 is 0 Å². The molecule has 0 aliphatic rings. The van der Waals surface area contributed by atoms with Crippen molar-refractivity contribution in [3.63, 3.8) is 0 Å². The Labute approximate surface area is 182 Å². The number of hydrazone groups is 2. The highest BCUT2D eigenvalue weighted by Crippen LogP contribution is 2.18. The van der Waals surface area contributed by atoms with Gasteiger partial charge in [0, 0.05) is 25.5 Å². The number of nitrogens with one attached hydrogen (secondary N) is 1. The van der Waals surface area contributed by atoms with Gasteiger partial charge in [-0.2, -0.15) is 10.2 Å². The summed E-state index contributed by atoms with van der Waals surface area (Å²) in [5.41, 5.74) is 5.76. The molecule has 0 atom stereocenters. The molecular formula is C24H28N6O. The molecule has 0 saturated carbocycles. The summed E-state index contributed by atoms with van der Waals surface area (Å²) in [6.45, 7) is 3.33. The lowest BCUT2D eigenvalue weighted by Crippen LogP contribution is -2.24. The maximum absolute atomic E-state index is 12.8. The number of rotatable bonds is 9. The van der Waals surface area contributed by atoms with Crippen molar-refractivity contribution >= 4 is 18.3 Å². The third-order valence-corrected chi connectivity index (χ3v) is 4.88. The van der Waals surface area contributed by atoms with Crippen molar-refractivity contribution in [3.05, 3.63) is 94.3 Å². The van der Waals surface area contributed by atoms with E-state index in [9.17, 15) is 4.79 Å². The minimum atomic E-state index is -0.0495. The summed E-state index contributed by atoms with van der Waals surface area (Å²) >= 11 is 0. The van der Waals surface area contributed by atoms with Crippen molar-refractivity contribution in [1.82, 2.24) is 9.88 Å². The molecule has 0 unspecified atom stereocenters. The molecule has 3 rings (SSSR count). The van der Waals surface area contributed by atoms with E-state index in [0.29, 0.717) is 25.1 Å². The highest BCUT2D eigenvalue weighted by Gasteiger charge is 2.15. The van der Waals surface area contributed by atoms with Gasteiger partial charge in [-0.3, -0.25) is 4.79 Å². The van der Waals surface area contributed by atoms with E-state index in [1.54, 1.807) is 12.4 Å². The van der Waals surface area contributed by atoms with Crippen LogP contribution in [0, 0.1) is 0 Å². The second kappa shape index (κ2) is 10.8. The van der Waals surface area contributed by atoms with Crippen molar-refractivity contribution in [3.8, 4) is 0 Å². The third kappa shape index (κ3) is 6.05. The quantitative estimate of drug-likeness (QED) is 0.283. The average Bonchev–Trinajstić information content (AvgIpc) is 3.16. The van der Waals surface area contributed by atoms with Crippen LogP contribution in [0.1, 0.15) is 51.5 Å². The van der Waals surface area contributed by atoms with Gasteiger partial charge in [0.05, 0.1) is 18.0 Å². The van der Waals surface area contributed by atoms with Crippen LogP contribution in [0.2, 0.25) is 0 Å². The van der Waals surface area contributed by atoms with Crippen LogP contribution in [0.5, 0.6) is 0 Å². The number of aromatic nitrogens is 1. The van der Waals surface area contributed by atoms with Crippen LogP contribution < -0.4 is 17.0 Å². The predicted octanol–water partition coefficient (Wildman–Crippen LogP) is 2.85. The largest absolute Gasteiger partial charge is 0.352 e. The molecule has 7 nitrogen and oxygen atoms in total. The van der Waals surface area contributed by atoms with E-state index >= 15 is 0 Å². The SMILES string of the molecule is CCCNC(=O)c1cn(Cc2cccc(C=NN)c2)cc1Cc1ccc(C=NN)cc1. The highest BCUT2D eigenvalue weighted by atomic mass is 16.1. The first-order valence-electron chi connectivity index (χ1n) is 10.2. The lowest BCUT2D eigenvalue weighted by Gasteiger charge is -2.05. The molecule has 1 amide bonds. The summed E-state index contributed by atoms with van der Waals surface area (Å²) in [4.78, 5) is 12.8. The molecule has 1 heterocycles. The number of benzene rings is 2. The third-order valence-electron chi connectivity index (χ3n) is 4.88. The number of nitrogens with two attached hydrogens (primary N) is 2. The average molecular weight is 417 g/mol. The predicted molar refractivity (Wildman–Crippen MR) is 125 cm³/mol. The van der Waals surface area contributed by atoms with Gasteiger partial charge in [0.25, 0.3) is 5.91 Å². The Hall–Kier alpha value is -3.87. The van der Waals surface area contributed by atoms with Gasteiger partial charge in [0.15, 0.2) is 0 Å². The molecule has 31 heavy (non-hydrogen) atoms. The van der Waals surface area contributed by atoms with Crippen LogP contribution in [-0.4, -0.2) is 29.4 Å².